The fourth-order valence-electron chi connectivity index (χ4n) is 2.11. The van der Waals surface area contributed by atoms with Gasteiger partial charge in [0, 0.05) is 23.8 Å². The zero-order chi connectivity index (χ0) is 14.1. The quantitative estimate of drug-likeness (QED) is 0.870. The van der Waals surface area contributed by atoms with E-state index in [0.29, 0.717) is 11.6 Å². The summed E-state index contributed by atoms with van der Waals surface area (Å²) in [6.07, 6.45) is 6.25. The van der Waals surface area contributed by atoms with Gasteiger partial charge >= 0.3 is 5.97 Å². The molecule has 0 amide bonds. The lowest BCUT2D eigenvalue weighted by Crippen LogP contribution is -2.01. The van der Waals surface area contributed by atoms with Crippen LogP contribution >= 0.6 is 0 Å². The monoisotopic (exact) mass is 272 g/mol. The Balaban J connectivity index is 2.02. The van der Waals surface area contributed by atoms with Crippen LogP contribution in [0.3, 0.4) is 0 Å². The zero-order valence-electron chi connectivity index (χ0n) is 10.7. The maximum absolute atomic E-state index is 13.9. The molecule has 1 saturated carbocycles. The third-order valence-electron chi connectivity index (χ3n) is 3.27. The van der Waals surface area contributed by atoms with Crippen molar-refractivity contribution in [3.63, 3.8) is 0 Å². The minimum atomic E-state index is -1.11. The van der Waals surface area contributed by atoms with Crippen LogP contribution in [0.15, 0.2) is 36.5 Å². The highest BCUT2D eigenvalue weighted by atomic mass is 19.1. The molecule has 0 atom stereocenters. The van der Waals surface area contributed by atoms with Crippen LogP contribution in [-0.2, 0) is 4.79 Å². The predicted octanol–water partition coefficient (Wildman–Crippen LogP) is 2.99. The Hall–Kier alpha value is -2.43. The van der Waals surface area contributed by atoms with E-state index in [0.717, 1.165) is 24.6 Å². The van der Waals surface area contributed by atoms with Crippen molar-refractivity contribution in [1.29, 1.82) is 0 Å². The van der Waals surface area contributed by atoms with E-state index in [-0.39, 0.29) is 5.56 Å². The summed E-state index contributed by atoms with van der Waals surface area (Å²) in [5.41, 5.74) is 1.76. The Bertz CT molecular complexity index is 687. The van der Waals surface area contributed by atoms with Crippen molar-refractivity contribution in [2.24, 2.45) is 0 Å². The van der Waals surface area contributed by atoms with Crippen LogP contribution in [0, 0.1) is 5.82 Å². The summed E-state index contributed by atoms with van der Waals surface area (Å²) in [5, 5.41) is 13.1. The lowest BCUT2D eigenvalue weighted by molar-refractivity contribution is -0.131. The number of aliphatic carboxylic acids is 1. The topological polar surface area (TPSA) is 55.1 Å². The van der Waals surface area contributed by atoms with Crippen LogP contribution in [-0.4, -0.2) is 20.9 Å². The molecule has 0 aliphatic heterocycles. The smallest absolute Gasteiger partial charge is 0.328 e. The van der Waals surface area contributed by atoms with Crippen LogP contribution in [0.2, 0.25) is 0 Å². The summed E-state index contributed by atoms with van der Waals surface area (Å²) in [5.74, 6) is -1.07. The number of benzene rings is 1. The van der Waals surface area contributed by atoms with E-state index in [9.17, 15) is 9.18 Å². The molecule has 1 aromatic carbocycles. The first kappa shape index (κ1) is 12.6. The maximum atomic E-state index is 13.9. The van der Waals surface area contributed by atoms with Gasteiger partial charge in [-0.15, -0.1) is 0 Å². The van der Waals surface area contributed by atoms with E-state index in [1.807, 2.05) is 6.07 Å². The number of aromatic nitrogens is 2. The SMILES string of the molecule is O=C(O)/C=C/c1c(F)cccc1-n1ccc(C2CC2)n1. The second-order valence-electron chi connectivity index (χ2n) is 4.80. The fourth-order valence-corrected chi connectivity index (χ4v) is 2.11. The van der Waals surface area contributed by atoms with Crippen LogP contribution in [0.4, 0.5) is 4.39 Å². The summed E-state index contributed by atoms with van der Waals surface area (Å²) in [4.78, 5) is 10.6. The Kier molecular flexibility index (Phi) is 3.10. The van der Waals surface area contributed by atoms with Gasteiger partial charge in [-0.05, 0) is 37.1 Å². The van der Waals surface area contributed by atoms with Gasteiger partial charge in [0.2, 0.25) is 0 Å². The molecule has 20 heavy (non-hydrogen) atoms. The minimum absolute atomic E-state index is 0.223. The number of nitrogens with zero attached hydrogens (tertiary/aromatic N) is 2. The van der Waals surface area contributed by atoms with Crippen LogP contribution in [0.1, 0.15) is 30.0 Å². The number of halogens is 1. The van der Waals surface area contributed by atoms with Crippen molar-refractivity contribution in [1.82, 2.24) is 9.78 Å². The average Bonchev–Trinajstić information content (AvgIpc) is 3.15. The van der Waals surface area contributed by atoms with Gasteiger partial charge < -0.3 is 5.11 Å². The summed E-state index contributed by atoms with van der Waals surface area (Å²) < 4.78 is 15.5. The molecule has 4 nitrogen and oxygen atoms in total. The van der Waals surface area contributed by atoms with Crippen molar-refractivity contribution in [2.45, 2.75) is 18.8 Å². The van der Waals surface area contributed by atoms with E-state index in [1.54, 1.807) is 23.0 Å². The van der Waals surface area contributed by atoms with Gasteiger partial charge in [-0.1, -0.05) is 6.07 Å². The van der Waals surface area contributed by atoms with Gasteiger partial charge in [0.15, 0.2) is 0 Å². The van der Waals surface area contributed by atoms with Gasteiger partial charge in [-0.25, -0.2) is 13.9 Å². The molecular weight excluding hydrogens is 259 g/mol. The number of hydrogen-bond acceptors (Lipinski definition) is 2. The van der Waals surface area contributed by atoms with Gasteiger partial charge in [0.05, 0.1) is 11.4 Å². The number of rotatable bonds is 4. The third kappa shape index (κ3) is 2.47. The molecule has 1 aliphatic rings. The van der Waals surface area contributed by atoms with E-state index in [2.05, 4.69) is 5.10 Å². The molecule has 0 bridgehead atoms. The minimum Gasteiger partial charge on any atom is -0.478 e. The highest BCUT2D eigenvalue weighted by molar-refractivity contribution is 5.86. The summed E-state index contributed by atoms with van der Waals surface area (Å²) in [6.45, 7) is 0. The maximum Gasteiger partial charge on any atom is 0.328 e. The predicted molar refractivity (Wildman–Crippen MR) is 72.2 cm³/mol. The average molecular weight is 272 g/mol. The van der Waals surface area contributed by atoms with Crippen LogP contribution in [0.5, 0.6) is 0 Å². The molecule has 1 aliphatic carbocycles. The largest absolute Gasteiger partial charge is 0.478 e. The zero-order valence-corrected chi connectivity index (χ0v) is 10.7. The molecule has 3 rings (SSSR count). The number of carboxylic acid groups (broad SMARTS) is 1. The Morgan fingerprint density at radius 1 is 1.40 bits per heavy atom. The standard InChI is InChI=1S/C15H13FN2O2/c16-12-2-1-3-14(11(12)6-7-15(19)20)18-9-8-13(17-18)10-4-5-10/h1-3,6-10H,4-5H2,(H,19,20)/b7-6+. The number of carboxylic acids is 1. The second kappa shape index (κ2) is 4.92. The van der Waals surface area contributed by atoms with E-state index >= 15 is 0 Å². The van der Waals surface area contributed by atoms with Gasteiger partial charge in [0.1, 0.15) is 5.82 Å². The molecule has 102 valence electrons. The summed E-state index contributed by atoms with van der Waals surface area (Å²) >= 11 is 0. The Labute approximate surface area is 115 Å². The van der Waals surface area contributed by atoms with Gasteiger partial charge in [-0.3, -0.25) is 0 Å². The van der Waals surface area contributed by atoms with E-state index < -0.39 is 11.8 Å². The summed E-state index contributed by atoms with van der Waals surface area (Å²) in [7, 11) is 0. The van der Waals surface area contributed by atoms with E-state index in [1.165, 1.54) is 12.1 Å². The van der Waals surface area contributed by atoms with Crippen molar-refractivity contribution < 1.29 is 14.3 Å². The highest BCUT2D eigenvalue weighted by Crippen LogP contribution is 2.39. The lowest BCUT2D eigenvalue weighted by Gasteiger charge is -2.07. The van der Waals surface area contributed by atoms with Crippen LogP contribution in [0.25, 0.3) is 11.8 Å². The first-order valence-electron chi connectivity index (χ1n) is 6.40. The molecule has 5 heteroatoms. The number of hydrogen-bond donors (Lipinski definition) is 1. The first-order valence-corrected chi connectivity index (χ1v) is 6.40. The molecule has 0 spiro atoms. The summed E-state index contributed by atoms with van der Waals surface area (Å²) in [6, 6.07) is 6.53. The second-order valence-corrected chi connectivity index (χ2v) is 4.80. The van der Waals surface area contributed by atoms with Gasteiger partial charge in [0.25, 0.3) is 0 Å². The molecule has 2 aromatic rings. The normalized spacial score (nSPS) is 14.8. The molecule has 1 fully saturated rings. The number of carbonyl (C=O) groups is 1. The molecule has 0 radical (unpaired) electrons. The lowest BCUT2D eigenvalue weighted by atomic mass is 10.1. The Morgan fingerprint density at radius 2 is 2.20 bits per heavy atom. The van der Waals surface area contributed by atoms with E-state index in [4.69, 9.17) is 5.11 Å². The molecule has 1 N–H and O–H groups in total. The van der Waals surface area contributed by atoms with Crippen molar-refractivity contribution >= 4 is 12.0 Å². The molecular formula is C15H13FN2O2. The van der Waals surface area contributed by atoms with Crippen molar-refractivity contribution in [2.75, 3.05) is 0 Å². The third-order valence-corrected chi connectivity index (χ3v) is 3.27. The van der Waals surface area contributed by atoms with Crippen molar-refractivity contribution in [3.05, 3.63) is 53.6 Å². The van der Waals surface area contributed by atoms with Crippen molar-refractivity contribution in [3.8, 4) is 5.69 Å². The first-order chi connectivity index (χ1) is 9.65. The molecule has 0 saturated heterocycles. The molecule has 0 unspecified atom stereocenters. The molecule has 1 heterocycles. The molecule has 1 aromatic heterocycles. The highest BCUT2D eigenvalue weighted by Gasteiger charge is 2.26. The van der Waals surface area contributed by atoms with Crippen LogP contribution < -0.4 is 0 Å². The Morgan fingerprint density at radius 3 is 2.90 bits per heavy atom. The fraction of sp³-hybridized carbons (Fsp3) is 0.200. The van der Waals surface area contributed by atoms with Gasteiger partial charge in [-0.2, -0.15) is 5.10 Å².